The van der Waals surface area contributed by atoms with Gasteiger partial charge in [-0.2, -0.15) is 0 Å². The zero-order valence-corrected chi connectivity index (χ0v) is 20.4. The number of halogens is 2. The number of nitrogens with two attached hydrogens (primary N) is 1. The number of hydrogen-bond donors (Lipinski definition) is 3. The normalized spacial score (nSPS) is 18.1. The van der Waals surface area contributed by atoms with Crippen LogP contribution in [0.1, 0.15) is 47.9 Å². The van der Waals surface area contributed by atoms with Gasteiger partial charge in [0.15, 0.2) is 17.5 Å². The quantitative estimate of drug-likeness (QED) is 0.260. The fourth-order valence-electron chi connectivity index (χ4n) is 4.68. The molecule has 0 spiro atoms. The highest BCUT2D eigenvalue weighted by Gasteiger charge is 2.30. The first kappa shape index (κ1) is 24.4. The summed E-state index contributed by atoms with van der Waals surface area (Å²) in [5.41, 5.74) is 7.95. The minimum absolute atomic E-state index is 0.0815. The number of fused-ring (bicyclic) bond motifs is 1. The number of amides is 1. The smallest absolute Gasteiger partial charge is 0.270 e. The van der Waals surface area contributed by atoms with Gasteiger partial charge >= 0.3 is 0 Å². The molecule has 2 unspecified atom stereocenters. The van der Waals surface area contributed by atoms with Crippen LogP contribution in [0.15, 0.2) is 53.9 Å². The summed E-state index contributed by atoms with van der Waals surface area (Å²) < 4.78 is 16.8. The Hall–Kier alpha value is -4.25. The number of nitrogens with one attached hydrogen (secondary N) is 2. The summed E-state index contributed by atoms with van der Waals surface area (Å²) in [6.07, 6.45) is 8.39. The molecular weight excluding hydrogens is 497 g/mol. The first-order chi connectivity index (χ1) is 17.9. The van der Waals surface area contributed by atoms with Gasteiger partial charge in [-0.15, -0.1) is 0 Å². The van der Waals surface area contributed by atoms with E-state index in [-0.39, 0.29) is 35.2 Å². The molecule has 0 aliphatic heterocycles. The first-order valence-electron chi connectivity index (χ1n) is 11.7. The number of nitrogens with zero attached hydrogens (tertiary/aromatic N) is 6. The zero-order chi connectivity index (χ0) is 25.9. The second kappa shape index (κ2) is 10.4. The summed E-state index contributed by atoms with van der Waals surface area (Å²) in [7, 11) is 0. The third-order valence-corrected chi connectivity index (χ3v) is 6.55. The van der Waals surface area contributed by atoms with Crippen LogP contribution in [0, 0.1) is 11.2 Å². The summed E-state index contributed by atoms with van der Waals surface area (Å²) >= 11 is 6.02. The molecule has 0 aromatic carbocycles. The van der Waals surface area contributed by atoms with Gasteiger partial charge in [0.25, 0.3) is 5.91 Å². The molecule has 2 atom stereocenters. The molecule has 1 amide bonds. The third kappa shape index (κ3) is 5.03. The standard InChI is InChI=1S/C25H23ClFN9O/c26-14-6-8-30-19(9-14)25(37)34-15-3-1-4-16(10-15)36-21-11-18(23(29)33-13-28)32-12-20(21)35-24(36)22-17(27)5-2-7-31-22/h2,5-9,11-13,15-16H,1,3-4,10H2,(H,34,37)(H3,28,29,33). The highest BCUT2D eigenvalue weighted by atomic mass is 35.5. The Morgan fingerprint density at radius 3 is 2.86 bits per heavy atom. The van der Waals surface area contributed by atoms with Gasteiger partial charge in [-0.3, -0.25) is 20.2 Å². The fraction of sp³-hybridized carbons (Fsp3) is 0.240. The Balaban J connectivity index is 1.54. The predicted molar refractivity (Wildman–Crippen MR) is 138 cm³/mol. The minimum atomic E-state index is -0.496. The molecule has 1 fully saturated rings. The molecule has 4 N–H and O–H groups in total. The lowest BCUT2D eigenvalue weighted by atomic mass is 9.90. The van der Waals surface area contributed by atoms with Crippen molar-refractivity contribution >= 4 is 40.7 Å². The number of pyridine rings is 3. The van der Waals surface area contributed by atoms with Crippen molar-refractivity contribution in [2.24, 2.45) is 10.7 Å². The molecule has 0 saturated heterocycles. The molecule has 0 radical (unpaired) electrons. The van der Waals surface area contributed by atoms with Crippen molar-refractivity contribution in [3.8, 4) is 11.5 Å². The molecule has 188 valence electrons. The van der Waals surface area contributed by atoms with Crippen LogP contribution in [0.4, 0.5) is 4.39 Å². The van der Waals surface area contributed by atoms with E-state index in [1.165, 1.54) is 30.6 Å². The van der Waals surface area contributed by atoms with E-state index in [0.717, 1.165) is 25.6 Å². The fourth-order valence-corrected chi connectivity index (χ4v) is 4.84. The highest BCUT2D eigenvalue weighted by Crippen LogP contribution is 2.36. The summed E-state index contributed by atoms with van der Waals surface area (Å²) in [6, 6.07) is 7.47. The number of rotatable bonds is 6. The zero-order valence-electron chi connectivity index (χ0n) is 19.6. The van der Waals surface area contributed by atoms with Crippen molar-refractivity contribution in [1.82, 2.24) is 29.8 Å². The van der Waals surface area contributed by atoms with Gasteiger partial charge in [0.2, 0.25) is 0 Å². The van der Waals surface area contributed by atoms with Crippen LogP contribution in [-0.4, -0.2) is 48.6 Å². The summed E-state index contributed by atoms with van der Waals surface area (Å²) in [4.78, 5) is 34.0. The van der Waals surface area contributed by atoms with Crippen LogP contribution < -0.4 is 11.1 Å². The Kier molecular flexibility index (Phi) is 6.87. The molecule has 37 heavy (non-hydrogen) atoms. The Morgan fingerprint density at radius 2 is 2.08 bits per heavy atom. The van der Waals surface area contributed by atoms with E-state index in [1.807, 2.05) is 4.57 Å². The molecule has 10 nitrogen and oxygen atoms in total. The van der Waals surface area contributed by atoms with E-state index >= 15 is 0 Å². The van der Waals surface area contributed by atoms with Gasteiger partial charge in [-0.1, -0.05) is 11.6 Å². The number of carbonyl (C=O) groups is 1. The maximum absolute atomic E-state index is 14.9. The summed E-state index contributed by atoms with van der Waals surface area (Å²) in [6.45, 7) is 0. The van der Waals surface area contributed by atoms with Crippen molar-refractivity contribution in [1.29, 1.82) is 5.41 Å². The van der Waals surface area contributed by atoms with Crippen LogP contribution in [0.2, 0.25) is 5.02 Å². The van der Waals surface area contributed by atoms with Gasteiger partial charge in [0, 0.05) is 29.5 Å². The Labute approximate surface area is 216 Å². The van der Waals surface area contributed by atoms with Gasteiger partial charge in [0.1, 0.15) is 28.9 Å². The monoisotopic (exact) mass is 519 g/mol. The number of carbonyl (C=O) groups excluding carboxylic acids is 1. The molecular formula is C25H23ClFN9O. The molecule has 0 bridgehead atoms. The van der Waals surface area contributed by atoms with Crippen molar-refractivity contribution in [2.75, 3.05) is 0 Å². The second-order valence-electron chi connectivity index (χ2n) is 8.69. The highest BCUT2D eigenvalue weighted by molar-refractivity contribution is 6.30. The molecule has 1 saturated carbocycles. The number of amidine groups is 1. The van der Waals surface area contributed by atoms with Crippen LogP contribution in [0.5, 0.6) is 0 Å². The molecule has 4 aromatic heterocycles. The number of imidazole rings is 1. The summed E-state index contributed by atoms with van der Waals surface area (Å²) in [5, 5.41) is 10.7. The second-order valence-corrected chi connectivity index (χ2v) is 9.13. The maximum Gasteiger partial charge on any atom is 0.270 e. The van der Waals surface area contributed by atoms with Gasteiger partial charge in [-0.05, 0) is 56.0 Å². The van der Waals surface area contributed by atoms with Crippen molar-refractivity contribution < 1.29 is 9.18 Å². The minimum Gasteiger partial charge on any atom is -0.382 e. The largest absolute Gasteiger partial charge is 0.382 e. The van der Waals surface area contributed by atoms with Gasteiger partial charge < -0.3 is 15.6 Å². The van der Waals surface area contributed by atoms with Crippen molar-refractivity contribution in [3.05, 3.63) is 71.2 Å². The van der Waals surface area contributed by atoms with Gasteiger partial charge in [0.05, 0.1) is 11.7 Å². The van der Waals surface area contributed by atoms with E-state index in [2.05, 4.69) is 30.2 Å². The van der Waals surface area contributed by atoms with E-state index in [1.54, 1.807) is 18.3 Å². The molecule has 1 aliphatic carbocycles. The number of aliphatic imine (C=N–C) groups is 1. The van der Waals surface area contributed by atoms with E-state index < -0.39 is 5.82 Å². The van der Waals surface area contributed by atoms with Crippen molar-refractivity contribution in [3.63, 3.8) is 0 Å². The van der Waals surface area contributed by atoms with Crippen LogP contribution in [-0.2, 0) is 0 Å². The lowest BCUT2D eigenvalue weighted by Gasteiger charge is -2.32. The first-order valence-corrected chi connectivity index (χ1v) is 12.1. The lowest BCUT2D eigenvalue weighted by molar-refractivity contribution is 0.0916. The maximum atomic E-state index is 14.9. The summed E-state index contributed by atoms with van der Waals surface area (Å²) in [5.74, 6) is -0.354. The van der Waals surface area contributed by atoms with E-state index in [4.69, 9.17) is 22.7 Å². The molecule has 5 rings (SSSR count). The average molecular weight is 520 g/mol. The lowest BCUT2D eigenvalue weighted by Crippen LogP contribution is -2.39. The number of aromatic nitrogens is 5. The third-order valence-electron chi connectivity index (χ3n) is 6.31. The van der Waals surface area contributed by atoms with Crippen LogP contribution in [0.25, 0.3) is 22.6 Å². The number of hydrogen-bond acceptors (Lipinski definition) is 6. The molecule has 12 heteroatoms. The van der Waals surface area contributed by atoms with Crippen LogP contribution >= 0.6 is 11.6 Å². The molecule has 1 aliphatic rings. The Bertz CT molecular complexity index is 1520. The van der Waals surface area contributed by atoms with E-state index in [9.17, 15) is 9.18 Å². The van der Waals surface area contributed by atoms with E-state index in [0.29, 0.717) is 34.0 Å². The van der Waals surface area contributed by atoms with Crippen molar-refractivity contribution in [2.45, 2.75) is 37.8 Å². The predicted octanol–water partition coefficient (Wildman–Crippen LogP) is 3.91. The molecule has 4 heterocycles. The molecule has 4 aromatic rings. The Morgan fingerprint density at radius 1 is 1.22 bits per heavy atom. The van der Waals surface area contributed by atoms with Gasteiger partial charge in [-0.25, -0.2) is 19.4 Å². The average Bonchev–Trinajstić information content (AvgIpc) is 3.28. The topological polar surface area (TPSA) is 148 Å². The SMILES string of the molecule is N=CN=C(N)c1cc2c(cn1)nc(-c1ncccc1F)n2C1CCCC(NC(=O)c2cc(Cl)ccn2)C1. The van der Waals surface area contributed by atoms with Crippen LogP contribution in [0.3, 0.4) is 0 Å².